The van der Waals surface area contributed by atoms with E-state index in [0.717, 1.165) is 25.0 Å². The van der Waals surface area contributed by atoms with Crippen LogP contribution >= 0.6 is 0 Å². The first kappa shape index (κ1) is 5.96. The quantitative estimate of drug-likeness (QED) is 0.495. The highest BCUT2D eigenvalue weighted by molar-refractivity contribution is 5.96. The lowest BCUT2D eigenvalue weighted by Gasteiger charge is -2.28. The summed E-state index contributed by atoms with van der Waals surface area (Å²) in [4.78, 5) is 13.3. The number of hydrogen-bond acceptors (Lipinski definition) is 2. The van der Waals surface area contributed by atoms with Gasteiger partial charge in [0, 0.05) is 19.5 Å². The summed E-state index contributed by atoms with van der Waals surface area (Å²) in [5, 5.41) is 0. The molecule has 2 rings (SSSR count). The first-order chi connectivity index (χ1) is 4.79. The average Bonchev–Trinajstić information content (AvgIpc) is 2.13. The first-order valence-electron chi connectivity index (χ1n) is 3.75. The molecule has 0 saturated carbocycles. The molecule has 0 N–H and O–H groups in total. The molecule has 0 aromatic heterocycles. The standard InChI is InChI=1S/C8H11NO/c1-9-6-2-4-7(9)8(10)5-3-6/h4,6H,2-3,5H2,1H3/t6-/m0/s1. The zero-order valence-corrected chi connectivity index (χ0v) is 6.13. The van der Waals surface area contributed by atoms with E-state index in [9.17, 15) is 4.79 Å². The molecule has 0 amide bonds. The molecule has 1 atom stereocenters. The van der Waals surface area contributed by atoms with Crippen molar-refractivity contribution in [3.63, 3.8) is 0 Å². The van der Waals surface area contributed by atoms with Gasteiger partial charge >= 0.3 is 0 Å². The fourth-order valence-corrected chi connectivity index (χ4v) is 1.79. The Bertz CT molecular complexity index is 207. The second-order valence-corrected chi connectivity index (χ2v) is 3.05. The van der Waals surface area contributed by atoms with Crippen LogP contribution < -0.4 is 0 Å². The summed E-state index contributed by atoms with van der Waals surface area (Å²) in [7, 11) is 2.01. The molecule has 2 aliphatic heterocycles. The molecule has 0 aromatic rings. The van der Waals surface area contributed by atoms with Gasteiger partial charge in [0.25, 0.3) is 0 Å². The van der Waals surface area contributed by atoms with Gasteiger partial charge in [-0.05, 0) is 12.8 Å². The number of piperidine rings is 1. The number of nitrogens with zero attached hydrogens (tertiary/aromatic N) is 1. The van der Waals surface area contributed by atoms with Crippen molar-refractivity contribution in [2.45, 2.75) is 25.3 Å². The SMILES string of the molecule is CN1C2=CC[C@H]1CCC2=O. The van der Waals surface area contributed by atoms with Crippen molar-refractivity contribution in [2.75, 3.05) is 7.05 Å². The van der Waals surface area contributed by atoms with E-state index in [1.54, 1.807) is 0 Å². The van der Waals surface area contributed by atoms with E-state index in [2.05, 4.69) is 11.0 Å². The minimum atomic E-state index is 0.330. The minimum Gasteiger partial charge on any atom is -0.369 e. The van der Waals surface area contributed by atoms with Crippen LogP contribution in [0.25, 0.3) is 0 Å². The van der Waals surface area contributed by atoms with E-state index in [-0.39, 0.29) is 0 Å². The molecule has 2 bridgehead atoms. The van der Waals surface area contributed by atoms with Crippen LogP contribution in [-0.4, -0.2) is 23.8 Å². The summed E-state index contributed by atoms with van der Waals surface area (Å²) >= 11 is 0. The van der Waals surface area contributed by atoms with Gasteiger partial charge in [-0.1, -0.05) is 6.08 Å². The van der Waals surface area contributed by atoms with Crippen LogP contribution in [0, 0.1) is 0 Å². The second-order valence-electron chi connectivity index (χ2n) is 3.05. The number of hydrogen-bond donors (Lipinski definition) is 0. The Morgan fingerprint density at radius 2 is 2.50 bits per heavy atom. The van der Waals surface area contributed by atoms with Gasteiger partial charge in [-0.2, -0.15) is 0 Å². The normalized spacial score (nSPS) is 30.9. The Labute approximate surface area is 60.5 Å². The van der Waals surface area contributed by atoms with E-state index < -0.39 is 0 Å². The molecule has 0 radical (unpaired) electrons. The predicted octanol–water partition coefficient (Wildman–Crippen LogP) is 0.937. The van der Waals surface area contributed by atoms with Crippen LogP contribution in [0.2, 0.25) is 0 Å². The van der Waals surface area contributed by atoms with Gasteiger partial charge in [0.05, 0.1) is 5.70 Å². The third-order valence-corrected chi connectivity index (χ3v) is 2.50. The van der Waals surface area contributed by atoms with Gasteiger partial charge in [0.2, 0.25) is 0 Å². The molecule has 0 aromatic carbocycles. The number of Topliss-reactive ketones (excluding diaryl/α,β-unsaturated/α-hetero) is 1. The van der Waals surface area contributed by atoms with Crippen LogP contribution in [-0.2, 0) is 4.79 Å². The predicted molar refractivity (Wildman–Crippen MR) is 38.5 cm³/mol. The molecule has 54 valence electrons. The maximum Gasteiger partial charge on any atom is 0.178 e. The smallest absolute Gasteiger partial charge is 0.178 e. The van der Waals surface area contributed by atoms with E-state index in [1.165, 1.54) is 0 Å². The summed E-state index contributed by atoms with van der Waals surface area (Å²) < 4.78 is 0. The van der Waals surface area contributed by atoms with Gasteiger partial charge < -0.3 is 4.90 Å². The Morgan fingerprint density at radius 3 is 3.20 bits per heavy atom. The third kappa shape index (κ3) is 0.618. The van der Waals surface area contributed by atoms with E-state index in [1.807, 2.05) is 7.05 Å². The van der Waals surface area contributed by atoms with Crippen molar-refractivity contribution < 1.29 is 4.79 Å². The van der Waals surface area contributed by atoms with Gasteiger partial charge in [-0.25, -0.2) is 0 Å². The zero-order chi connectivity index (χ0) is 7.14. The van der Waals surface area contributed by atoms with Crippen molar-refractivity contribution >= 4 is 5.78 Å². The monoisotopic (exact) mass is 137 g/mol. The fraction of sp³-hybridized carbons (Fsp3) is 0.625. The lowest BCUT2D eigenvalue weighted by atomic mass is 10.0. The number of carbonyl (C=O) groups is 1. The number of fused-ring (bicyclic) bond motifs is 2. The molecule has 2 aliphatic rings. The molecule has 0 unspecified atom stereocenters. The summed E-state index contributed by atoms with van der Waals surface area (Å²) in [5.41, 5.74) is 0.955. The molecule has 2 heterocycles. The van der Waals surface area contributed by atoms with Crippen molar-refractivity contribution in [1.82, 2.24) is 4.90 Å². The molecular weight excluding hydrogens is 126 g/mol. The number of carbonyl (C=O) groups excluding carboxylic acids is 1. The number of rotatable bonds is 0. The Balaban J connectivity index is 2.31. The number of allylic oxidation sites excluding steroid dienone is 1. The largest absolute Gasteiger partial charge is 0.369 e. The fourth-order valence-electron chi connectivity index (χ4n) is 1.79. The molecule has 2 nitrogen and oxygen atoms in total. The van der Waals surface area contributed by atoms with Crippen molar-refractivity contribution in [3.8, 4) is 0 Å². The van der Waals surface area contributed by atoms with E-state index in [0.29, 0.717) is 11.8 Å². The summed E-state index contributed by atoms with van der Waals surface area (Å²) in [6.45, 7) is 0. The minimum absolute atomic E-state index is 0.330. The molecule has 2 heteroatoms. The summed E-state index contributed by atoms with van der Waals surface area (Å²) in [6.07, 6.45) is 4.97. The van der Waals surface area contributed by atoms with Crippen LogP contribution in [0.5, 0.6) is 0 Å². The molecule has 1 fully saturated rings. The summed E-state index contributed by atoms with van der Waals surface area (Å²) in [6, 6.07) is 0.632. The zero-order valence-electron chi connectivity index (χ0n) is 6.13. The lowest BCUT2D eigenvalue weighted by Crippen LogP contribution is -2.33. The lowest BCUT2D eigenvalue weighted by molar-refractivity contribution is -0.118. The van der Waals surface area contributed by atoms with Crippen LogP contribution in [0.4, 0.5) is 0 Å². The van der Waals surface area contributed by atoms with E-state index in [4.69, 9.17) is 0 Å². The molecule has 10 heavy (non-hydrogen) atoms. The first-order valence-corrected chi connectivity index (χ1v) is 3.75. The Hall–Kier alpha value is -0.790. The van der Waals surface area contributed by atoms with Gasteiger partial charge in [0.15, 0.2) is 5.78 Å². The molecule has 0 spiro atoms. The van der Waals surface area contributed by atoms with Gasteiger partial charge in [0.1, 0.15) is 0 Å². The topological polar surface area (TPSA) is 20.3 Å². The van der Waals surface area contributed by atoms with Crippen molar-refractivity contribution in [1.29, 1.82) is 0 Å². The highest BCUT2D eigenvalue weighted by atomic mass is 16.1. The maximum absolute atomic E-state index is 11.2. The maximum atomic E-state index is 11.2. The number of ketones is 1. The van der Waals surface area contributed by atoms with E-state index >= 15 is 0 Å². The highest BCUT2D eigenvalue weighted by Gasteiger charge is 2.31. The Kier molecular flexibility index (Phi) is 1.10. The molecule has 1 saturated heterocycles. The number of likely N-dealkylation sites (N-methyl/N-ethyl adjacent to an activating group) is 1. The van der Waals surface area contributed by atoms with Crippen LogP contribution in [0.15, 0.2) is 11.8 Å². The van der Waals surface area contributed by atoms with Crippen molar-refractivity contribution in [2.24, 2.45) is 0 Å². The third-order valence-electron chi connectivity index (χ3n) is 2.50. The van der Waals surface area contributed by atoms with Gasteiger partial charge in [-0.3, -0.25) is 4.79 Å². The van der Waals surface area contributed by atoms with Crippen LogP contribution in [0.3, 0.4) is 0 Å². The average molecular weight is 137 g/mol. The van der Waals surface area contributed by atoms with Crippen LogP contribution in [0.1, 0.15) is 19.3 Å². The highest BCUT2D eigenvalue weighted by Crippen LogP contribution is 2.29. The molecule has 0 aliphatic carbocycles. The van der Waals surface area contributed by atoms with Crippen molar-refractivity contribution in [3.05, 3.63) is 11.8 Å². The second kappa shape index (κ2) is 1.84. The Morgan fingerprint density at radius 1 is 1.70 bits per heavy atom. The van der Waals surface area contributed by atoms with Gasteiger partial charge in [-0.15, -0.1) is 0 Å². The summed E-state index contributed by atoms with van der Waals surface area (Å²) in [5.74, 6) is 0.330. The molecular formula is C8H11NO.